The summed E-state index contributed by atoms with van der Waals surface area (Å²) in [5, 5.41) is 11.3. The molecule has 1 aromatic heterocycles. The summed E-state index contributed by atoms with van der Waals surface area (Å²) in [6.07, 6.45) is 2.68. The molecule has 4 atom stereocenters. The van der Waals surface area contributed by atoms with Crippen LogP contribution >= 0.6 is 0 Å². The van der Waals surface area contributed by atoms with Crippen molar-refractivity contribution in [3.63, 3.8) is 0 Å². The molecule has 6 nitrogen and oxygen atoms in total. The van der Waals surface area contributed by atoms with Gasteiger partial charge < -0.3 is 11.1 Å². The predicted octanol–water partition coefficient (Wildman–Crippen LogP) is 3.70. The number of aryl methyl sites for hydroxylation is 1. The number of hydrogen-bond donors (Lipinski definition) is 2. The van der Waals surface area contributed by atoms with Gasteiger partial charge in [0.15, 0.2) is 11.5 Å². The van der Waals surface area contributed by atoms with Gasteiger partial charge in [0.05, 0.1) is 0 Å². The lowest BCUT2D eigenvalue weighted by molar-refractivity contribution is 0.0849. The molecule has 1 saturated heterocycles. The van der Waals surface area contributed by atoms with E-state index in [9.17, 15) is 0 Å². The highest BCUT2D eigenvalue weighted by Crippen LogP contribution is 2.71. The number of hydrogen-bond acceptors (Lipinski definition) is 6. The number of aromatic nitrogens is 2. The standard InChI is InChI=1S/C23H25N5O/c1-14-2-4-15(5-3-14)12-28-13-18-21(23(18)11-10-19(23)28)25-17-8-6-16(7-9-17)20-22(24)27-29-26-20/h2-9,18-19,21,25H,10-13H2,1H3,(H2,24,27). The summed E-state index contributed by atoms with van der Waals surface area (Å²) in [7, 11) is 0. The first-order valence-electron chi connectivity index (χ1n) is 10.4. The Kier molecular flexibility index (Phi) is 3.56. The Hall–Kier alpha value is -2.86. The molecule has 3 aromatic rings. The number of nitrogen functional groups attached to an aromatic ring is 1. The van der Waals surface area contributed by atoms with Crippen LogP contribution in [0.5, 0.6) is 0 Å². The molecular weight excluding hydrogens is 362 g/mol. The molecule has 4 unspecified atom stereocenters. The molecule has 0 radical (unpaired) electrons. The fourth-order valence-electron chi connectivity index (χ4n) is 5.76. The maximum absolute atomic E-state index is 5.79. The molecular formula is C23H25N5O. The summed E-state index contributed by atoms with van der Waals surface area (Å²) in [6.45, 7) is 4.43. The van der Waals surface area contributed by atoms with Crippen LogP contribution in [-0.2, 0) is 6.54 Å². The number of rotatable bonds is 5. The van der Waals surface area contributed by atoms with E-state index in [0.717, 1.165) is 29.8 Å². The van der Waals surface area contributed by atoms with Crippen molar-refractivity contribution in [1.82, 2.24) is 15.2 Å². The third-order valence-electron chi connectivity index (χ3n) is 7.41. The highest BCUT2D eigenvalue weighted by Gasteiger charge is 2.77. The Balaban J connectivity index is 1.12. The van der Waals surface area contributed by atoms with E-state index in [1.165, 1.54) is 30.5 Å². The Morgan fingerprint density at radius 2 is 1.93 bits per heavy atom. The summed E-state index contributed by atoms with van der Waals surface area (Å²) in [4.78, 5) is 2.71. The Morgan fingerprint density at radius 1 is 1.14 bits per heavy atom. The first-order valence-corrected chi connectivity index (χ1v) is 10.4. The van der Waals surface area contributed by atoms with Gasteiger partial charge in [0.25, 0.3) is 0 Å². The molecule has 3 aliphatic rings. The molecule has 29 heavy (non-hydrogen) atoms. The number of nitrogens with two attached hydrogens (primary N) is 1. The predicted molar refractivity (Wildman–Crippen MR) is 112 cm³/mol. The van der Waals surface area contributed by atoms with E-state index in [-0.39, 0.29) is 0 Å². The molecule has 148 valence electrons. The first-order chi connectivity index (χ1) is 14.1. The van der Waals surface area contributed by atoms with Crippen LogP contribution in [0, 0.1) is 18.3 Å². The van der Waals surface area contributed by atoms with Crippen LogP contribution in [0.2, 0.25) is 0 Å². The quantitative estimate of drug-likeness (QED) is 0.695. The van der Waals surface area contributed by atoms with Gasteiger partial charge in [-0.3, -0.25) is 4.90 Å². The second kappa shape index (κ2) is 6.07. The van der Waals surface area contributed by atoms with E-state index in [1.807, 2.05) is 12.1 Å². The molecule has 2 aromatic carbocycles. The van der Waals surface area contributed by atoms with E-state index in [0.29, 0.717) is 23.0 Å². The number of nitrogens with one attached hydrogen (secondary N) is 1. The van der Waals surface area contributed by atoms with E-state index < -0.39 is 0 Å². The molecule has 3 N–H and O–H groups in total. The molecule has 6 rings (SSSR count). The highest BCUT2D eigenvalue weighted by molar-refractivity contribution is 5.70. The first kappa shape index (κ1) is 17.0. The lowest BCUT2D eigenvalue weighted by Gasteiger charge is -2.42. The third kappa shape index (κ3) is 2.52. The number of likely N-dealkylation sites (tertiary alicyclic amines) is 1. The van der Waals surface area contributed by atoms with Gasteiger partial charge in [-0.25, -0.2) is 4.63 Å². The van der Waals surface area contributed by atoms with E-state index >= 15 is 0 Å². The Morgan fingerprint density at radius 3 is 2.55 bits per heavy atom. The maximum atomic E-state index is 5.79. The molecule has 6 heteroatoms. The van der Waals surface area contributed by atoms with Crippen molar-refractivity contribution in [3.05, 3.63) is 59.7 Å². The van der Waals surface area contributed by atoms with Gasteiger partial charge in [-0.15, -0.1) is 0 Å². The second-order valence-electron chi connectivity index (χ2n) is 8.89. The smallest absolute Gasteiger partial charge is 0.196 e. The summed E-state index contributed by atoms with van der Waals surface area (Å²) in [6, 6.07) is 18.6. The average molecular weight is 387 g/mol. The fourth-order valence-corrected chi connectivity index (χ4v) is 5.76. The minimum absolute atomic E-state index is 0.326. The summed E-state index contributed by atoms with van der Waals surface area (Å²) in [5.41, 5.74) is 11.7. The number of anilines is 2. The Labute approximate surface area is 170 Å². The van der Waals surface area contributed by atoms with Gasteiger partial charge in [-0.1, -0.05) is 42.0 Å². The molecule has 0 amide bonds. The van der Waals surface area contributed by atoms with Crippen LogP contribution in [-0.4, -0.2) is 33.8 Å². The SMILES string of the molecule is Cc1ccc(CN2CC3C(Nc4ccc(-c5nonc5N)cc4)C34CCC24)cc1. The second-order valence-corrected chi connectivity index (χ2v) is 8.89. The largest absolute Gasteiger partial charge is 0.381 e. The third-order valence-corrected chi connectivity index (χ3v) is 7.41. The van der Waals surface area contributed by atoms with Crippen LogP contribution in [0.4, 0.5) is 11.5 Å². The number of nitrogens with zero attached hydrogens (tertiary/aromatic N) is 3. The van der Waals surface area contributed by atoms with Gasteiger partial charge in [0.2, 0.25) is 0 Å². The zero-order chi connectivity index (χ0) is 19.6. The fraction of sp³-hybridized carbons (Fsp3) is 0.391. The van der Waals surface area contributed by atoms with Crippen molar-refractivity contribution in [2.75, 3.05) is 17.6 Å². The topological polar surface area (TPSA) is 80.2 Å². The monoisotopic (exact) mass is 387 g/mol. The minimum atomic E-state index is 0.326. The van der Waals surface area contributed by atoms with Crippen molar-refractivity contribution in [2.45, 2.75) is 38.4 Å². The zero-order valence-corrected chi connectivity index (χ0v) is 16.5. The molecule has 3 fully saturated rings. The number of benzene rings is 2. The van der Waals surface area contributed by atoms with Crippen molar-refractivity contribution in [1.29, 1.82) is 0 Å². The number of piperidine rings is 1. The van der Waals surface area contributed by atoms with Crippen LogP contribution in [0.25, 0.3) is 11.3 Å². The van der Waals surface area contributed by atoms with Crippen molar-refractivity contribution in [2.24, 2.45) is 11.3 Å². The van der Waals surface area contributed by atoms with Crippen molar-refractivity contribution < 1.29 is 4.63 Å². The maximum Gasteiger partial charge on any atom is 0.196 e. The lowest BCUT2D eigenvalue weighted by Crippen LogP contribution is -2.47. The molecule has 2 heterocycles. The van der Waals surface area contributed by atoms with Gasteiger partial charge in [-0.05, 0) is 47.8 Å². The normalized spacial score (nSPS) is 29.8. The molecule has 2 saturated carbocycles. The van der Waals surface area contributed by atoms with Crippen LogP contribution in [0.1, 0.15) is 24.0 Å². The summed E-state index contributed by atoms with van der Waals surface area (Å²) in [5.74, 6) is 1.09. The van der Waals surface area contributed by atoms with E-state index in [2.05, 4.69) is 63.9 Å². The molecule has 1 spiro atoms. The molecule has 2 aliphatic carbocycles. The van der Waals surface area contributed by atoms with Crippen LogP contribution < -0.4 is 11.1 Å². The van der Waals surface area contributed by atoms with Gasteiger partial charge in [0.1, 0.15) is 0 Å². The van der Waals surface area contributed by atoms with Crippen LogP contribution in [0.3, 0.4) is 0 Å². The van der Waals surface area contributed by atoms with Crippen LogP contribution in [0.15, 0.2) is 53.2 Å². The minimum Gasteiger partial charge on any atom is -0.381 e. The summed E-state index contributed by atoms with van der Waals surface area (Å²) >= 11 is 0. The van der Waals surface area contributed by atoms with E-state index in [4.69, 9.17) is 10.4 Å². The molecule has 0 bridgehead atoms. The average Bonchev–Trinajstić information content (AvgIpc) is 3.01. The van der Waals surface area contributed by atoms with Crippen molar-refractivity contribution >= 4 is 11.5 Å². The van der Waals surface area contributed by atoms with Crippen molar-refractivity contribution in [3.8, 4) is 11.3 Å². The van der Waals surface area contributed by atoms with E-state index in [1.54, 1.807) is 0 Å². The highest BCUT2D eigenvalue weighted by atomic mass is 16.6. The lowest BCUT2D eigenvalue weighted by atomic mass is 9.75. The van der Waals surface area contributed by atoms with Gasteiger partial charge in [-0.2, -0.15) is 0 Å². The summed E-state index contributed by atoms with van der Waals surface area (Å²) < 4.78 is 4.70. The van der Waals surface area contributed by atoms with Gasteiger partial charge >= 0.3 is 0 Å². The zero-order valence-electron chi connectivity index (χ0n) is 16.5. The Bertz CT molecular complexity index is 1040. The van der Waals surface area contributed by atoms with Gasteiger partial charge in [0, 0.05) is 47.8 Å². The molecule has 1 aliphatic heterocycles.